The van der Waals surface area contributed by atoms with Crippen LogP contribution in [0.4, 0.5) is 0 Å². The van der Waals surface area contributed by atoms with Crippen molar-refractivity contribution in [3.05, 3.63) is 59.7 Å². The maximum absolute atomic E-state index is 10.9. The van der Waals surface area contributed by atoms with Crippen LogP contribution >= 0.6 is 11.3 Å². The first-order valence-corrected chi connectivity index (χ1v) is 9.25. The van der Waals surface area contributed by atoms with E-state index < -0.39 is 5.97 Å². The summed E-state index contributed by atoms with van der Waals surface area (Å²) >= 11 is 1.51. The SMILES string of the molecule is CCCCCc1ccc(-c2nnc(-c3ccc(C(=O)O)cc3)s2)cc1. The van der Waals surface area contributed by atoms with E-state index in [4.69, 9.17) is 5.11 Å². The summed E-state index contributed by atoms with van der Waals surface area (Å²) in [6, 6.07) is 15.2. The minimum absolute atomic E-state index is 0.271. The second kappa shape index (κ2) is 8.03. The van der Waals surface area contributed by atoms with Crippen LogP contribution in [0.5, 0.6) is 0 Å². The Bertz CT molecular complexity index is 839. The molecule has 3 rings (SSSR count). The summed E-state index contributed by atoms with van der Waals surface area (Å²) in [6.45, 7) is 2.21. The van der Waals surface area contributed by atoms with E-state index in [9.17, 15) is 4.79 Å². The van der Waals surface area contributed by atoms with Gasteiger partial charge >= 0.3 is 5.97 Å². The van der Waals surface area contributed by atoms with Gasteiger partial charge in [-0.2, -0.15) is 0 Å². The van der Waals surface area contributed by atoms with Gasteiger partial charge in [0.1, 0.15) is 10.0 Å². The Labute approximate surface area is 151 Å². The number of aromatic carboxylic acids is 1. The molecular weight excluding hydrogens is 332 g/mol. The summed E-state index contributed by atoms with van der Waals surface area (Å²) in [5, 5.41) is 19.1. The largest absolute Gasteiger partial charge is 0.478 e. The lowest BCUT2D eigenvalue weighted by Gasteiger charge is -2.01. The molecule has 0 aliphatic heterocycles. The molecule has 1 N–H and O–H groups in total. The first kappa shape index (κ1) is 17.3. The third kappa shape index (κ3) is 4.31. The normalized spacial score (nSPS) is 10.8. The van der Waals surface area contributed by atoms with E-state index in [2.05, 4.69) is 41.4 Å². The third-order valence-corrected chi connectivity index (χ3v) is 5.10. The molecule has 2 aromatic carbocycles. The van der Waals surface area contributed by atoms with E-state index in [1.807, 2.05) is 0 Å². The van der Waals surface area contributed by atoms with Crippen molar-refractivity contribution in [2.45, 2.75) is 32.6 Å². The van der Waals surface area contributed by atoms with Crippen LogP contribution < -0.4 is 0 Å². The molecule has 0 atom stereocenters. The molecule has 0 saturated heterocycles. The lowest BCUT2D eigenvalue weighted by molar-refractivity contribution is 0.0697. The highest BCUT2D eigenvalue weighted by Crippen LogP contribution is 2.30. The predicted molar refractivity (Wildman–Crippen MR) is 101 cm³/mol. The molecule has 0 spiro atoms. The Hall–Kier alpha value is -2.53. The van der Waals surface area contributed by atoms with Crippen molar-refractivity contribution in [3.63, 3.8) is 0 Å². The molecule has 128 valence electrons. The molecule has 5 heteroatoms. The monoisotopic (exact) mass is 352 g/mol. The second-order valence-corrected chi connectivity index (χ2v) is 6.93. The van der Waals surface area contributed by atoms with Crippen LogP contribution in [0.3, 0.4) is 0 Å². The highest BCUT2D eigenvalue weighted by atomic mass is 32.1. The smallest absolute Gasteiger partial charge is 0.335 e. The molecule has 0 aliphatic carbocycles. The van der Waals surface area contributed by atoms with E-state index in [1.54, 1.807) is 24.3 Å². The maximum Gasteiger partial charge on any atom is 0.335 e. The van der Waals surface area contributed by atoms with Crippen molar-refractivity contribution in [1.29, 1.82) is 0 Å². The van der Waals surface area contributed by atoms with Crippen molar-refractivity contribution >= 4 is 17.3 Å². The second-order valence-electron chi connectivity index (χ2n) is 5.95. The van der Waals surface area contributed by atoms with Crippen LogP contribution in [0.2, 0.25) is 0 Å². The van der Waals surface area contributed by atoms with Gasteiger partial charge in [-0.15, -0.1) is 10.2 Å². The average molecular weight is 352 g/mol. The number of benzene rings is 2. The number of aryl methyl sites for hydroxylation is 1. The highest BCUT2D eigenvalue weighted by Gasteiger charge is 2.10. The Morgan fingerprint density at radius 3 is 2.00 bits per heavy atom. The van der Waals surface area contributed by atoms with E-state index in [0.29, 0.717) is 0 Å². The number of rotatable bonds is 7. The molecule has 0 bridgehead atoms. The zero-order chi connectivity index (χ0) is 17.6. The molecule has 0 radical (unpaired) electrons. The fourth-order valence-corrected chi connectivity index (χ4v) is 3.46. The summed E-state index contributed by atoms with van der Waals surface area (Å²) in [5.74, 6) is -0.927. The first-order valence-electron chi connectivity index (χ1n) is 8.44. The van der Waals surface area contributed by atoms with Gasteiger partial charge in [0.05, 0.1) is 5.56 Å². The summed E-state index contributed by atoms with van der Waals surface area (Å²) in [5.41, 5.74) is 3.56. The lowest BCUT2D eigenvalue weighted by Crippen LogP contribution is -1.94. The Morgan fingerprint density at radius 1 is 0.920 bits per heavy atom. The molecule has 3 aromatic rings. The van der Waals surface area contributed by atoms with Crippen molar-refractivity contribution in [2.75, 3.05) is 0 Å². The van der Waals surface area contributed by atoms with Gasteiger partial charge in [0.2, 0.25) is 0 Å². The van der Waals surface area contributed by atoms with Gasteiger partial charge in [-0.3, -0.25) is 0 Å². The number of nitrogens with zero attached hydrogens (tertiary/aromatic N) is 2. The molecule has 25 heavy (non-hydrogen) atoms. The molecular formula is C20H20N2O2S. The van der Waals surface area contributed by atoms with E-state index in [-0.39, 0.29) is 5.56 Å². The van der Waals surface area contributed by atoms with Gasteiger partial charge in [0.15, 0.2) is 0 Å². The number of carboxylic acids is 1. The third-order valence-electron chi connectivity index (χ3n) is 4.07. The van der Waals surface area contributed by atoms with Crippen LogP contribution in [-0.2, 0) is 6.42 Å². The average Bonchev–Trinajstić information content (AvgIpc) is 3.13. The number of carboxylic acid groups (broad SMARTS) is 1. The molecule has 0 unspecified atom stereocenters. The van der Waals surface area contributed by atoms with Crippen LogP contribution in [0.15, 0.2) is 48.5 Å². The lowest BCUT2D eigenvalue weighted by atomic mass is 10.1. The molecule has 0 aliphatic rings. The van der Waals surface area contributed by atoms with Gasteiger partial charge in [0.25, 0.3) is 0 Å². The summed E-state index contributed by atoms with van der Waals surface area (Å²) in [6.07, 6.45) is 4.85. The predicted octanol–water partition coefficient (Wildman–Crippen LogP) is 5.30. The number of carbonyl (C=O) groups is 1. The van der Waals surface area contributed by atoms with E-state index in [1.165, 1.54) is 36.2 Å². The minimum atomic E-state index is -0.927. The highest BCUT2D eigenvalue weighted by molar-refractivity contribution is 7.17. The van der Waals surface area contributed by atoms with Gasteiger partial charge in [-0.25, -0.2) is 4.79 Å². The Kier molecular flexibility index (Phi) is 5.56. The standard InChI is InChI=1S/C20H20N2O2S/c1-2-3-4-5-14-6-8-15(9-7-14)18-21-22-19(25-18)16-10-12-17(13-11-16)20(23)24/h6-13H,2-5H2,1H3,(H,23,24). The fourth-order valence-electron chi connectivity index (χ4n) is 2.61. The van der Waals surface area contributed by atoms with Crippen LogP contribution in [0.1, 0.15) is 42.1 Å². The summed E-state index contributed by atoms with van der Waals surface area (Å²) in [4.78, 5) is 10.9. The molecule has 1 heterocycles. The molecule has 4 nitrogen and oxygen atoms in total. The zero-order valence-corrected chi connectivity index (χ0v) is 14.9. The van der Waals surface area contributed by atoms with E-state index >= 15 is 0 Å². The molecule has 0 amide bonds. The van der Waals surface area contributed by atoms with Crippen molar-refractivity contribution in [2.24, 2.45) is 0 Å². The number of hydrogen-bond acceptors (Lipinski definition) is 4. The van der Waals surface area contributed by atoms with Gasteiger partial charge < -0.3 is 5.11 Å². The maximum atomic E-state index is 10.9. The van der Waals surface area contributed by atoms with Gasteiger partial charge in [-0.05, 0) is 30.5 Å². The van der Waals surface area contributed by atoms with Crippen LogP contribution in [0.25, 0.3) is 21.1 Å². The minimum Gasteiger partial charge on any atom is -0.478 e. The summed E-state index contributed by atoms with van der Waals surface area (Å²) in [7, 11) is 0. The first-order chi connectivity index (χ1) is 12.2. The van der Waals surface area contributed by atoms with Crippen molar-refractivity contribution in [3.8, 4) is 21.1 Å². The van der Waals surface area contributed by atoms with Crippen LogP contribution in [0, 0.1) is 0 Å². The number of hydrogen-bond donors (Lipinski definition) is 1. The number of unbranched alkanes of at least 4 members (excludes halogenated alkanes) is 2. The van der Waals surface area contributed by atoms with Crippen LogP contribution in [-0.4, -0.2) is 21.3 Å². The van der Waals surface area contributed by atoms with Crippen molar-refractivity contribution < 1.29 is 9.90 Å². The van der Waals surface area contributed by atoms with Gasteiger partial charge in [-0.1, -0.05) is 67.5 Å². The zero-order valence-electron chi connectivity index (χ0n) is 14.1. The molecule has 1 aromatic heterocycles. The number of aromatic nitrogens is 2. The summed E-state index contributed by atoms with van der Waals surface area (Å²) < 4.78 is 0. The Morgan fingerprint density at radius 2 is 1.48 bits per heavy atom. The quantitative estimate of drug-likeness (QED) is 0.586. The van der Waals surface area contributed by atoms with Crippen molar-refractivity contribution in [1.82, 2.24) is 10.2 Å². The Balaban J connectivity index is 1.73. The fraction of sp³-hybridized carbons (Fsp3) is 0.250. The van der Waals surface area contributed by atoms with Gasteiger partial charge in [0, 0.05) is 11.1 Å². The molecule has 0 fully saturated rings. The topological polar surface area (TPSA) is 63.1 Å². The van der Waals surface area contributed by atoms with E-state index in [0.717, 1.165) is 27.6 Å². The molecule has 0 saturated carbocycles.